The molecule has 0 aromatic heterocycles. The van der Waals surface area contributed by atoms with Gasteiger partial charge in [0.25, 0.3) is 5.91 Å². The van der Waals surface area contributed by atoms with Gasteiger partial charge in [-0.25, -0.2) is 8.42 Å². The molecule has 4 aliphatic rings. The number of rotatable bonds is 7. The molecule has 0 heterocycles. The monoisotopic (exact) mass is 514 g/mol. The van der Waals surface area contributed by atoms with Crippen molar-refractivity contribution in [2.24, 2.45) is 17.8 Å². The van der Waals surface area contributed by atoms with E-state index in [9.17, 15) is 13.2 Å². The Hall–Kier alpha value is -3.12. The van der Waals surface area contributed by atoms with Crippen LogP contribution in [0.25, 0.3) is 0 Å². The van der Waals surface area contributed by atoms with Crippen molar-refractivity contribution in [1.82, 2.24) is 0 Å². The van der Waals surface area contributed by atoms with Crippen molar-refractivity contribution in [2.45, 2.75) is 50.5 Å². The van der Waals surface area contributed by atoms with Gasteiger partial charge < -0.3 is 5.32 Å². The van der Waals surface area contributed by atoms with Crippen LogP contribution in [0, 0.1) is 17.8 Å². The highest BCUT2D eigenvalue weighted by atomic mass is 32.2. The van der Waals surface area contributed by atoms with E-state index in [0.29, 0.717) is 16.7 Å². The summed E-state index contributed by atoms with van der Waals surface area (Å²) in [6.07, 6.45) is 9.35. The number of benzene rings is 3. The molecule has 0 atom stereocenters. The summed E-state index contributed by atoms with van der Waals surface area (Å²) in [5, 5.41) is 3.01. The Morgan fingerprint density at radius 3 is 2.00 bits per heavy atom. The number of amides is 1. The molecule has 0 radical (unpaired) electrons. The Kier molecular flexibility index (Phi) is 6.10. The lowest BCUT2D eigenvalue weighted by Crippen LogP contribution is -2.48. The number of anilines is 2. The van der Waals surface area contributed by atoms with E-state index >= 15 is 0 Å². The van der Waals surface area contributed by atoms with Gasteiger partial charge in [0.05, 0.1) is 24.1 Å². The maximum Gasteiger partial charge on any atom is 0.257 e. The highest BCUT2D eigenvalue weighted by molar-refractivity contribution is 7.92. The molecule has 5 nitrogen and oxygen atoms in total. The van der Waals surface area contributed by atoms with Crippen LogP contribution in [-0.4, -0.2) is 20.6 Å². The lowest BCUT2D eigenvalue weighted by atomic mass is 9.48. The third-order valence-electron chi connectivity index (χ3n) is 8.78. The van der Waals surface area contributed by atoms with Gasteiger partial charge in [-0.05, 0) is 97.1 Å². The van der Waals surface area contributed by atoms with Crippen molar-refractivity contribution in [3.63, 3.8) is 0 Å². The summed E-state index contributed by atoms with van der Waals surface area (Å²) in [7, 11) is -3.62. The van der Waals surface area contributed by atoms with Crippen LogP contribution in [0.2, 0.25) is 0 Å². The summed E-state index contributed by atoms with van der Waals surface area (Å²) in [6, 6.07) is 24.7. The van der Waals surface area contributed by atoms with Crippen LogP contribution in [0.1, 0.15) is 60.0 Å². The maximum atomic E-state index is 13.4. The predicted octanol–water partition coefficient (Wildman–Crippen LogP) is 6.37. The van der Waals surface area contributed by atoms with E-state index in [-0.39, 0.29) is 12.5 Å². The summed E-state index contributed by atoms with van der Waals surface area (Å²) in [5.41, 5.74) is 4.00. The summed E-state index contributed by atoms with van der Waals surface area (Å²) in [6.45, 7) is 0.156. The molecule has 6 heteroatoms. The fourth-order valence-electron chi connectivity index (χ4n) is 7.58. The quantitative estimate of drug-likeness (QED) is 0.398. The predicted molar refractivity (Wildman–Crippen MR) is 148 cm³/mol. The topological polar surface area (TPSA) is 66.5 Å². The lowest BCUT2D eigenvalue weighted by molar-refractivity contribution is -0.00518. The first-order valence-corrected chi connectivity index (χ1v) is 15.2. The van der Waals surface area contributed by atoms with Crippen LogP contribution in [0.15, 0.2) is 78.9 Å². The molecule has 37 heavy (non-hydrogen) atoms. The molecule has 4 bridgehead atoms. The molecule has 1 amide bonds. The van der Waals surface area contributed by atoms with Crippen LogP contribution < -0.4 is 9.62 Å². The molecule has 0 aliphatic heterocycles. The molecule has 4 aliphatic carbocycles. The summed E-state index contributed by atoms with van der Waals surface area (Å²) in [4.78, 5) is 13.4. The van der Waals surface area contributed by atoms with Crippen LogP contribution in [0.5, 0.6) is 0 Å². The average molecular weight is 515 g/mol. The number of nitrogens with zero attached hydrogens (tertiary/aromatic N) is 1. The van der Waals surface area contributed by atoms with Crippen molar-refractivity contribution in [3.05, 3.63) is 95.6 Å². The third kappa shape index (κ3) is 4.79. The third-order valence-corrected chi connectivity index (χ3v) is 9.91. The number of carbonyl (C=O) groups excluding carboxylic acids is 1. The van der Waals surface area contributed by atoms with Gasteiger partial charge in [-0.1, -0.05) is 54.6 Å². The van der Waals surface area contributed by atoms with E-state index in [2.05, 4.69) is 17.4 Å². The first-order valence-electron chi connectivity index (χ1n) is 13.3. The Bertz CT molecular complexity index is 1360. The molecule has 4 saturated carbocycles. The van der Waals surface area contributed by atoms with Crippen molar-refractivity contribution >= 4 is 27.3 Å². The van der Waals surface area contributed by atoms with Gasteiger partial charge in [0.1, 0.15) is 0 Å². The number of para-hydroxylation sites is 1. The standard InChI is InChI=1S/C31H34N2O3S/c1-37(35,36)33(21-22-7-3-2-4-8-22)29-10-6-5-9-28(29)30(34)32-27-13-11-26(12-14-27)31-18-23-15-24(19-31)17-25(16-23)20-31/h2-14,23-25H,15-21H2,1H3,(H,32,34). The number of hydrogen-bond acceptors (Lipinski definition) is 3. The Balaban J connectivity index is 1.23. The minimum absolute atomic E-state index is 0.156. The SMILES string of the molecule is CS(=O)(=O)N(Cc1ccccc1)c1ccccc1C(=O)Nc1ccc(C23CC4CC(CC(C4)C2)C3)cc1. The highest BCUT2D eigenvalue weighted by Crippen LogP contribution is 2.60. The molecular formula is C31H34N2O3S. The fourth-order valence-corrected chi connectivity index (χ4v) is 8.48. The number of carbonyl (C=O) groups is 1. The van der Waals surface area contributed by atoms with Gasteiger partial charge in [0, 0.05) is 5.69 Å². The first-order chi connectivity index (χ1) is 17.8. The second-order valence-corrected chi connectivity index (χ2v) is 13.4. The molecule has 7 rings (SSSR count). The van der Waals surface area contributed by atoms with E-state index in [0.717, 1.165) is 29.0 Å². The van der Waals surface area contributed by atoms with E-state index in [1.165, 1.54) is 54.6 Å². The maximum absolute atomic E-state index is 13.4. The van der Waals surface area contributed by atoms with E-state index in [1.54, 1.807) is 24.3 Å². The highest BCUT2D eigenvalue weighted by Gasteiger charge is 2.51. The van der Waals surface area contributed by atoms with Crippen molar-refractivity contribution < 1.29 is 13.2 Å². The molecule has 4 fully saturated rings. The molecule has 0 unspecified atom stereocenters. The van der Waals surface area contributed by atoms with Crippen LogP contribution in [0.3, 0.4) is 0 Å². The van der Waals surface area contributed by atoms with Gasteiger partial charge >= 0.3 is 0 Å². The fraction of sp³-hybridized carbons (Fsp3) is 0.387. The zero-order valence-corrected chi connectivity index (χ0v) is 22.1. The van der Waals surface area contributed by atoms with Crippen LogP contribution >= 0.6 is 0 Å². The number of sulfonamides is 1. The van der Waals surface area contributed by atoms with Gasteiger partial charge in [-0.2, -0.15) is 0 Å². The molecule has 3 aromatic carbocycles. The molecule has 192 valence electrons. The second-order valence-electron chi connectivity index (χ2n) is 11.5. The summed E-state index contributed by atoms with van der Waals surface area (Å²) < 4.78 is 26.8. The molecule has 3 aromatic rings. The smallest absolute Gasteiger partial charge is 0.257 e. The van der Waals surface area contributed by atoms with E-state index in [1.807, 2.05) is 42.5 Å². The first kappa shape index (κ1) is 24.2. The van der Waals surface area contributed by atoms with Crippen molar-refractivity contribution in [2.75, 3.05) is 15.9 Å². The van der Waals surface area contributed by atoms with E-state index < -0.39 is 10.0 Å². The largest absolute Gasteiger partial charge is 0.322 e. The van der Waals surface area contributed by atoms with Crippen LogP contribution in [-0.2, 0) is 22.0 Å². The van der Waals surface area contributed by atoms with Gasteiger partial charge in [0.2, 0.25) is 10.0 Å². The summed E-state index contributed by atoms with van der Waals surface area (Å²) >= 11 is 0. The molecule has 0 spiro atoms. The van der Waals surface area contributed by atoms with Gasteiger partial charge in [-0.15, -0.1) is 0 Å². The Morgan fingerprint density at radius 1 is 0.838 bits per heavy atom. The zero-order valence-electron chi connectivity index (χ0n) is 21.3. The zero-order chi connectivity index (χ0) is 25.6. The minimum atomic E-state index is -3.62. The Morgan fingerprint density at radius 2 is 1.41 bits per heavy atom. The normalized spacial score (nSPS) is 26.1. The number of nitrogens with one attached hydrogen (secondary N) is 1. The second kappa shape index (κ2) is 9.32. The molecule has 1 N–H and O–H groups in total. The molecule has 0 saturated heterocycles. The Labute approximate surface area is 220 Å². The van der Waals surface area contributed by atoms with Crippen LogP contribution in [0.4, 0.5) is 11.4 Å². The molecular weight excluding hydrogens is 480 g/mol. The number of hydrogen-bond donors (Lipinski definition) is 1. The van der Waals surface area contributed by atoms with E-state index in [4.69, 9.17) is 0 Å². The average Bonchev–Trinajstić information content (AvgIpc) is 2.87. The van der Waals surface area contributed by atoms with Gasteiger partial charge in [-0.3, -0.25) is 9.10 Å². The van der Waals surface area contributed by atoms with Gasteiger partial charge in [0.15, 0.2) is 0 Å². The lowest BCUT2D eigenvalue weighted by Gasteiger charge is -2.57. The van der Waals surface area contributed by atoms with Crippen molar-refractivity contribution in [3.8, 4) is 0 Å². The summed E-state index contributed by atoms with van der Waals surface area (Å²) in [5.74, 6) is 2.34. The minimum Gasteiger partial charge on any atom is -0.322 e. The van der Waals surface area contributed by atoms with Crippen molar-refractivity contribution in [1.29, 1.82) is 0 Å².